The minimum absolute atomic E-state index is 0.363. The number of anilines is 3. The Morgan fingerprint density at radius 3 is 1.92 bits per heavy atom. The zero-order chi connectivity index (χ0) is 26.2. The van der Waals surface area contributed by atoms with E-state index in [1.165, 1.54) is 16.8 Å². The third-order valence-corrected chi connectivity index (χ3v) is 7.20. The van der Waals surface area contributed by atoms with E-state index in [0.29, 0.717) is 6.61 Å². The molecule has 5 rings (SSSR count). The summed E-state index contributed by atoms with van der Waals surface area (Å²) in [4.78, 5) is 4.88. The summed E-state index contributed by atoms with van der Waals surface area (Å²) in [6.45, 7) is 6.74. The maximum absolute atomic E-state index is 5.74. The molecule has 0 bridgehead atoms. The molecular weight excluding hydrogens is 464 g/mol. The van der Waals surface area contributed by atoms with Gasteiger partial charge in [-0.15, -0.1) is 0 Å². The fourth-order valence-corrected chi connectivity index (χ4v) is 5.31. The topological polar surface area (TPSA) is 15.7 Å². The van der Waals surface area contributed by atoms with Crippen molar-refractivity contribution in [3.63, 3.8) is 0 Å². The standard InChI is InChI=1S/C35H36N2O/c1-3-36(28-29-14-8-5-9-15-29)31-20-18-30(19-21-31)35(26-12-7-13-27-35)37(32-16-10-6-11-17-32)33-22-24-34(25-23-33)38-4-2/h5-26H,3-4,27-28H2,1-2H3. The van der Waals surface area contributed by atoms with Gasteiger partial charge < -0.3 is 14.5 Å². The number of hydrogen-bond donors (Lipinski definition) is 0. The van der Waals surface area contributed by atoms with E-state index in [1.807, 2.05) is 6.92 Å². The van der Waals surface area contributed by atoms with Crippen LogP contribution in [0, 0.1) is 0 Å². The summed E-state index contributed by atoms with van der Waals surface area (Å²) in [7, 11) is 0. The normalized spacial score (nSPS) is 16.3. The van der Waals surface area contributed by atoms with Crippen molar-refractivity contribution in [1.82, 2.24) is 0 Å². The lowest BCUT2D eigenvalue weighted by Crippen LogP contribution is -2.42. The van der Waals surface area contributed by atoms with Crippen molar-refractivity contribution in [2.24, 2.45) is 0 Å². The first-order chi connectivity index (χ1) is 18.7. The third kappa shape index (κ3) is 5.38. The van der Waals surface area contributed by atoms with Crippen LogP contribution in [-0.4, -0.2) is 13.2 Å². The van der Waals surface area contributed by atoms with Gasteiger partial charge in [0, 0.05) is 30.2 Å². The van der Waals surface area contributed by atoms with Crippen molar-refractivity contribution in [2.75, 3.05) is 23.0 Å². The number of rotatable bonds is 10. The van der Waals surface area contributed by atoms with Crippen LogP contribution in [0.25, 0.3) is 0 Å². The van der Waals surface area contributed by atoms with Crippen LogP contribution in [0.3, 0.4) is 0 Å². The van der Waals surface area contributed by atoms with Crippen LogP contribution in [-0.2, 0) is 12.1 Å². The number of hydrogen-bond acceptors (Lipinski definition) is 3. The lowest BCUT2D eigenvalue weighted by molar-refractivity contribution is 0.340. The number of benzene rings is 4. The molecule has 38 heavy (non-hydrogen) atoms. The van der Waals surface area contributed by atoms with Crippen molar-refractivity contribution < 1.29 is 4.74 Å². The highest BCUT2D eigenvalue weighted by molar-refractivity contribution is 5.70. The summed E-state index contributed by atoms with van der Waals surface area (Å²) in [6.07, 6.45) is 9.80. The average Bonchev–Trinajstić information content (AvgIpc) is 2.99. The van der Waals surface area contributed by atoms with Gasteiger partial charge in [0.1, 0.15) is 5.75 Å². The van der Waals surface area contributed by atoms with E-state index in [-0.39, 0.29) is 5.54 Å². The number of para-hydroxylation sites is 1. The molecule has 0 fully saturated rings. The van der Waals surface area contributed by atoms with Crippen LogP contribution in [0.2, 0.25) is 0 Å². The molecular formula is C35H36N2O. The maximum Gasteiger partial charge on any atom is 0.119 e. The first kappa shape index (κ1) is 25.4. The van der Waals surface area contributed by atoms with Gasteiger partial charge in [0.25, 0.3) is 0 Å². The van der Waals surface area contributed by atoms with Crippen LogP contribution in [0.15, 0.2) is 133 Å². The van der Waals surface area contributed by atoms with E-state index in [2.05, 4.69) is 150 Å². The summed E-state index contributed by atoms with van der Waals surface area (Å²) in [6, 6.07) is 39.0. The van der Waals surface area contributed by atoms with Gasteiger partial charge in [-0.05, 0) is 79.9 Å². The highest BCUT2D eigenvalue weighted by Gasteiger charge is 2.37. The molecule has 0 N–H and O–H groups in total. The summed E-state index contributed by atoms with van der Waals surface area (Å²) in [5, 5.41) is 0. The van der Waals surface area contributed by atoms with E-state index in [0.717, 1.165) is 36.6 Å². The lowest BCUT2D eigenvalue weighted by Gasteiger charge is -2.45. The molecule has 3 nitrogen and oxygen atoms in total. The molecule has 4 aromatic carbocycles. The number of allylic oxidation sites excluding steroid dienone is 2. The fraction of sp³-hybridized carbons (Fsp3) is 0.200. The molecule has 1 unspecified atom stereocenters. The molecule has 0 aromatic heterocycles. The Hall–Kier alpha value is -4.24. The summed E-state index contributed by atoms with van der Waals surface area (Å²) in [5.74, 6) is 0.889. The van der Waals surface area contributed by atoms with Crippen LogP contribution < -0.4 is 14.5 Å². The number of ether oxygens (including phenoxy) is 1. The second kappa shape index (κ2) is 11.9. The Kier molecular flexibility index (Phi) is 7.94. The van der Waals surface area contributed by atoms with Crippen molar-refractivity contribution in [1.29, 1.82) is 0 Å². The summed E-state index contributed by atoms with van der Waals surface area (Å²) >= 11 is 0. The average molecular weight is 501 g/mol. The van der Waals surface area contributed by atoms with Gasteiger partial charge in [-0.25, -0.2) is 0 Å². The molecule has 192 valence electrons. The van der Waals surface area contributed by atoms with Gasteiger partial charge in [0.2, 0.25) is 0 Å². The van der Waals surface area contributed by atoms with Gasteiger partial charge in [-0.3, -0.25) is 0 Å². The first-order valence-corrected chi connectivity index (χ1v) is 13.6. The SMILES string of the molecule is CCOc1ccc(N(c2ccccc2)C2(c3ccc(N(CC)Cc4ccccc4)cc3)C=CC=CC2)cc1. The Morgan fingerprint density at radius 1 is 0.684 bits per heavy atom. The molecule has 0 heterocycles. The zero-order valence-corrected chi connectivity index (χ0v) is 22.3. The molecule has 3 heteroatoms. The second-order valence-electron chi connectivity index (χ2n) is 9.56. The van der Waals surface area contributed by atoms with Crippen molar-refractivity contribution >= 4 is 17.1 Å². The quantitative estimate of drug-likeness (QED) is 0.217. The summed E-state index contributed by atoms with van der Waals surface area (Å²) < 4.78 is 5.74. The van der Waals surface area contributed by atoms with Crippen LogP contribution >= 0.6 is 0 Å². The smallest absolute Gasteiger partial charge is 0.119 e. The van der Waals surface area contributed by atoms with E-state index in [4.69, 9.17) is 4.74 Å². The molecule has 0 aliphatic heterocycles. The molecule has 0 radical (unpaired) electrons. The van der Waals surface area contributed by atoms with Crippen LogP contribution in [0.5, 0.6) is 5.75 Å². The van der Waals surface area contributed by atoms with Crippen LogP contribution in [0.1, 0.15) is 31.4 Å². The molecule has 4 aromatic rings. The predicted octanol–water partition coefficient (Wildman–Crippen LogP) is 8.66. The van der Waals surface area contributed by atoms with E-state index in [1.54, 1.807) is 0 Å². The van der Waals surface area contributed by atoms with E-state index in [9.17, 15) is 0 Å². The molecule has 0 saturated heterocycles. The molecule has 1 atom stereocenters. The second-order valence-corrected chi connectivity index (χ2v) is 9.56. The largest absolute Gasteiger partial charge is 0.494 e. The molecule has 1 aliphatic carbocycles. The van der Waals surface area contributed by atoms with Crippen LogP contribution in [0.4, 0.5) is 17.1 Å². The van der Waals surface area contributed by atoms with Crippen molar-refractivity contribution in [3.8, 4) is 5.75 Å². The lowest BCUT2D eigenvalue weighted by atomic mass is 9.81. The predicted molar refractivity (Wildman–Crippen MR) is 160 cm³/mol. The fourth-order valence-electron chi connectivity index (χ4n) is 5.31. The zero-order valence-electron chi connectivity index (χ0n) is 22.3. The molecule has 0 saturated carbocycles. The van der Waals surface area contributed by atoms with Gasteiger partial charge in [0.05, 0.1) is 12.1 Å². The molecule has 0 spiro atoms. The third-order valence-electron chi connectivity index (χ3n) is 7.20. The van der Waals surface area contributed by atoms with Gasteiger partial charge in [-0.2, -0.15) is 0 Å². The number of nitrogens with zero attached hydrogens (tertiary/aromatic N) is 2. The van der Waals surface area contributed by atoms with E-state index < -0.39 is 0 Å². The molecule has 1 aliphatic rings. The molecule has 0 amide bonds. The summed E-state index contributed by atoms with van der Waals surface area (Å²) in [5.41, 5.74) is 5.73. The van der Waals surface area contributed by atoms with Gasteiger partial charge in [-0.1, -0.05) is 85.0 Å². The van der Waals surface area contributed by atoms with E-state index >= 15 is 0 Å². The Morgan fingerprint density at radius 2 is 1.32 bits per heavy atom. The van der Waals surface area contributed by atoms with Gasteiger partial charge >= 0.3 is 0 Å². The minimum Gasteiger partial charge on any atom is -0.494 e. The van der Waals surface area contributed by atoms with Gasteiger partial charge in [0.15, 0.2) is 0 Å². The van der Waals surface area contributed by atoms with Crippen molar-refractivity contribution in [3.05, 3.63) is 145 Å². The highest BCUT2D eigenvalue weighted by atomic mass is 16.5. The minimum atomic E-state index is -0.363. The maximum atomic E-state index is 5.74. The van der Waals surface area contributed by atoms with Crippen molar-refractivity contribution in [2.45, 2.75) is 32.4 Å². The monoisotopic (exact) mass is 500 g/mol. The highest BCUT2D eigenvalue weighted by Crippen LogP contribution is 2.45. The first-order valence-electron chi connectivity index (χ1n) is 13.6. The Balaban J connectivity index is 1.55. The Labute approximate surface area is 227 Å². The Bertz CT molecular complexity index is 1340.